The van der Waals surface area contributed by atoms with Crippen LogP contribution >= 0.6 is 11.6 Å². The highest BCUT2D eigenvalue weighted by atomic mass is 35.5. The molecule has 0 radical (unpaired) electrons. The Morgan fingerprint density at radius 1 is 1.03 bits per heavy atom. The van der Waals surface area contributed by atoms with Gasteiger partial charge in [-0.05, 0) is 43.7 Å². The van der Waals surface area contributed by atoms with Gasteiger partial charge in [-0.25, -0.2) is 4.98 Å². The van der Waals surface area contributed by atoms with Crippen LogP contribution in [0.2, 0.25) is 5.02 Å². The first-order valence-corrected chi connectivity index (χ1v) is 11.3. The van der Waals surface area contributed by atoms with Gasteiger partial charge in [-0.15, -0.1) is 0 Å². The third kappa shape index (κ3) is 4.18. The fourth-order valence-electron chi connectivity index (χ4n) is 4.16. The molecule has 0 spiro atoms. The molecule has 3 heterocycles. The number of nitrogens with one attached hydrogen (secondary N) is 1. The molecule has 170 valence electrons. The van der Waals surface area contributed by atoms with Crippen molar-refractivity contribution >= 4 is 34.2 Å². The Bertz CT molecular complexity index is 1530. The summed E-state index contributed by atoms with van der Waals surface area (Å²) in [4.78, 5) is 18.2. The van der Waals surface area contributed by atoms with Crippen molar-refractivity contribution in [2.75, 3.05) is 5.32 Å². The molecule has 7 nitrogen and oxygen atoms in total. The summed E-state index contributed by atoms with van der Waals surface area (Å²) in [5.41, 5.74) is 5.83. The Morgan fingerprint density at radius 2 is 1.85 bits per heavy atom. The summed E-state index contributed by atoms with van der Waals surface area (Å²) in [6.07, 6.45) is 1.83. The van der Waals surface area contributed by atoms with Crippen LogP contribution in [0.15, 0.2) is 66.9 Å². The predicted molar refractivity (Wildman–Crippen MR) is 134 cm³/mol. The number of hydrogen-bond donors (Lipinski definition) is 1. The van der Waals surface area contributed by atoms with Crippen molar-refractivity contribution in [2.45, 2.75) is 20.4 Å². The van der Waals surface area contributed by atoms with Gasteiger partial charge in [-0.1, -0.05) is 41.9 Å². The Morgan fingerprint density at radius 3 is 2.62 bits per heavy atom. The van der Waals surface area contributed by atoms with Crippen LogP contribution in [0.1, 0.15) is 27.3 Å². The zero-order chi connectivity index (χ0) is 23.8. The molecule has 0 aliphatic heterocycles. The number of carbonyl (C=O) groups is 1. The fourth-order valence-corrected chi connectivity index (χ4v) is 4.37. The molecule has 5 aromatic rings. The first kappa shape index (κ1) is 21.9. The first-order valence-electron chi connectivity index (χ1n) is 10.9. The molecule has 0 fully saturated rings. The number of amides is 1. The van der Waals surface area contributed by atoms with E-state index in [-0.39, 0.29) is 5.91 Å². The molecule has 3 aromatic heterocycles. The maximum atomic E-state index is 13.4. The summed E-state index contributed by atoms with van der Waals surface area (Å²) >= 11 is 6.08. The van der Waals surface area contributed by atoms with Gasteiger partial charge in [0.15, 0.2) is 5.82 Å². The van der Waals surface area contributed by atoms with E-state index in [1.807, 2.05) is 86.4 Å². The molecule has 0 saturated carbocycles. The number of halogens is 1. The van der Waals surface area contributed by atoms with E-state index in [1.165, 1.54) is 0 Å². The molecule has 0 aliphatic carbocycles. The lowest BCUT2D eigenvalue weighted by molar-refractivity contribution is 0.102. The lowest BCUT2D eigenvalue weighted by Gasteiger charge is -2.10. The van der Waals surface area contributed by atoms with Crippen LogP contribution in [-0.2, 0) is 13.6 Å². The number of anilines is 1. The van der Waals surface area contributed by atoms with Crippen LogP contribution in [0.3, 0.4) is 0 Å². The van der Waals surface area contributed by atoms with Gasteiger partial charge in [0, 0.05) is 41.0 Å². The number of benzene rings is 2. The summed E-state index contributed by atoms with van der Waals surface area (Å²) in [5, 5.41) is 13.4. The molecule has 8 heteroatoms. The average Bonchev–Trinajstić information content (AvgIpc) is 3.35. The maximum absolute atomic E-state index is 13.4. The summed E-state index contributed by atoms with van der Waals surface area (Å²) in [6, 6.07) is 18.9. The Hall–Kier alpha value is -3.97. The molecule has 34 heavy (non-hydrogen) atoms. The highest BCUT2D eigenvalue weighted by Gasteiger charge is 2.19. The standard InChI is InChI=1S/C26H23ClN6O/c1-16-25(17(2)32(3)30-16)23-14-21(20-9-4-5-10-22(20)28-23)26(34)29-24-11-12-33(31-24)15-18-7-6-8-19(27)13-18/h4-14H,15H2,1-3H3,(H,29,31,34). The largest absolute Gasteiger partial charge is 0.305 e. The second-order valence-corrected chi connectivity index (χ2v) is 8.66. The van der Waals surface area contributed by atoms with Crippen molar-refractivity contribution in [3.63, 3.8) is 0 Å². The minimum Gasteiger partial charge on any atom is -0.305 e. The maximum Gasteiger partial charge on any atom is 0.257 e. The van der Waals surface area contributed by atoms with Crippen LogP contribution < -0.4 is 5.32 Å². The van der Waals surface area contributed by atoms with Crippen LogP contribution in [0.5, 0.6) is 0 Å². The minimum atomic E-state index is -0.243. The molecule has 1 amide bonds. The van der Waals surface area contributed by atoms with E-state index in [0.717, 1.165) is 39.1 Å². The van der Waals surface area contributed by atoms with E-state index in [2.05, 4.69) is 15.5 Å². The second-order valence-electron chi connectivity index (χ2n) is 8.22. The number of hydrogen-bond acceptors (Lipinski definition) is 4. The number of pyridine rings is 1. The zero-order valence-electron chi connectivity index (χ0n) is 19.1. The molecule has 1 N–H and O–H groups in total. The van der Waals surface area contributed by atoms with Gasteiger partial charge in [0.25, 0.3) is 5.91 Å². The SMILES string of the molecule is Cc1nn(C)c(C)c1-c1cc(C(=O)Nc2ccn(Cc3cccc(Cl)c3)n2)c2ccccc2n1. The minimum absolute atomic E-state index is 0.243. The van der Waals surface area contributed by atoms with E-state index in [0.29, 0.717) is 22.9 Å². The molecule has 0 saturated heterocycles. The predicted octanol–water partition coefficient (Wildman–Crippen LogP) is 5.40. The van der Waals surface area contributed by atoms with Crippen LogP contribution in [0, 0.1) is 13.8 Å². The highest BCUT2D eigenvalue weighted by Crippen LogP contribution is 2.29. The van der Waals surface area contributed by atoms with Gasteiger partial charge in [0.05, 0.1) is 29.0 Å². The number of carbonyl (C=O) groups excluding carboxylic acids is 1. The lowest BCUT2D eigenvalue weighted by atomic mass is 10.0. The topological polar surface area (TPSA) is 77.6 Å². The van der Waals surface area contributed by atoms with Crippen LogP contribution in [0.4, 0.5) is 5.82 Å². The van der Waals surface area contributed by atoms with Crippen LogP contribution in [-0.4, -0.2) is 30.5 Å². The monoisotopic (exact) mass is 470 g/mol. The van der Waals surface area contributed by atoms with Gasteiger partial charge in [-0.3, -0.25) is 14.2 Å². The molecular weight excluding hydrogens is 448 g/mol. The number of para-hydroxylation sites is 1. The molecule has 2 aromatic carbocycles. The Balaban J connectivity index is 1.47. The summed E-state index contributed by atoms with van der Waals surface area (Å²) in [5.74, 6) is 0.232. The van der Waals surface area contributed by atoms with Crippen molar-refractivity contribution < 1.29 is 4.79 Å². The van der Waals surface area contributed by atoms with Crippen molar-refractivity contribution in [3.05, 3.63) is 94.4 Å². The molecule has 0 aliphatic rings. The first-order chi connectivity index (χ1) is 16.4. The van der Waals surface area contributed by atoms with Gasteiger partial charge in [0.2, 0.25) is 0 Å². The quantitative estimate of drug-likeness (QED) is 0.373. The lowest BCUT2D eigenvalue weighted by Crippen LogP contribution is -2.14. The van der Waals surface area contributed by atoms with E-state index < -0.39 is 0 Å². The molecule has 0 atom stereocenters. The molecular formula is C26H23ClN6O. The Kier molecular flexibility index (Phi) is 5.63. The summed E-state index contributed by atoms with van der Waals surface area (Å²) in [7, 11) is 1.90. The van der Waals surface area contributed by atoms with E-state index in [1.54, 1.807) is 10.7 Å². The van der Waals surface area contributed by atoms with Crippen LogP contribution in [0.25, 0.3) is 22.2 Å². The Labute approximate surface area is 202 Å². The van der Waals surface area contributed by atoms with Gasteiger partial charge in [0.1, 0.15) is 0 Å². The molecule has 0 bridgehead atoms. The van der Waals surface area contributed by atoms with Crippen molar-refractivity contribution in [2.24, 2.45) is 7.05 Å². The average molecular weight is 471 g/mol. The van der Waals surface area contributed by atoms with Gasteiger partial charge >= 0.3 is 0 Å². The third-order valence-electron chi connectivity index (χ3n) is 5.84. The number of aromatic nitrogens is 5. The number of rotatable bonds is 5. The van der Waals surface area contributed by atoms with E-state index in [9.17, 15) is 4.79 Å². The molecule has 5 rings (SSSR count). The smallest absolute Gasteiger partial charge is 0.257 e. The third-order valence-corrected chi connectivity index (χ3v) is 6.08. The van der Waals surface area contributed by atoms with Gasteiger partial charge < -0.3 is 5.32 Å². The summed E-state index contributed by atoms with van der Waals surface area (Å²) in [6.45, 7) is 4.50. The van der Waals surface area contributed by atoms with Gasteiger partial charge in [-0.2, -0.15) is 10.2 Å². The molecule has 0 unspecified atom stereocenters. The number of fused-ring (bicyclic) bond motifs is 1. The van der Waals surface area contributed by atoms with Crippen molar-refractivity contribution in [1.29, 1.82) is 0 Å². The summed E-state index contributed by atoms with van der Waals surface area (Å²) < 4.78 is 3.59. The van der Waals surface area contributed by atoms with Crippen molar-refractivity contribution in [3.8, 4) is 11.3 Å². The van der Waals surface area contributed by atoms with E-state index in [4.69, 9.17) is 16.6 Å². The van der Waals surface area contributed by atoms with E-state index >= 15 is 0 Å². The number of aryl methyl sites for hydroxylation is 2. The fraction of sp³-hybridized carbons (Fsp3) is 0.154. The normalized spacial score (nSPS) is 11.2. The second kappa shape index (κ2) is 8.76. The van der Waals surface area contributed by atoms with Crippen molar-refractivity contribution in [1.82, 2.24) is 24.5 Å². The zero-order valence-corrected chi connectivity index (χ0v) is 19.8. The number of nitrogens with zero attached hydrogens (tertiary/aromatic N) is 5. The highest BCUT2D eigenvalue weighted by molar-refractivity contribution is 6.30.